The van der Waals surface area contributed by atoms with Crippen LogP contribution in [-0.4, -0.2) is 22.6 Å². The highest BCUT2D eigenvalue weighted by atomic mass is 16.5. The number of nitrogens with zero attached hydrogens (tertiary/aromatic N) is 2. The largest absolute Gasteiger partial charge is 0.478 e. The van der Waals surface area contributed by atoms with E-state index in [1.807, 2.05) is 6.07 Å². The average molecular weight is 279 g/mol. The highest BCUT2D eigenvalue weighted by Crippen LogP contribution is 2.17. The van der Waals surface area contributed by atoms with Crippen LogP contribution in [0.2, 0.25) is 0 Å². The van der Waals surface area contributed by atoms with Crippen molar-refractivity contribution in [1.29, 1.82) is 0 Å². The molecule has 4 nitrogen and oxygen atoms in total. The first-order valence-corrected chi connectivity index (χ1v) is 7.82. The van der Waals surface area contributed by atoms with Crippen molar-refractivity contribution in [2.24, 2.45) is 5.92 Å². The van der Waals surface area contributed by atoms with Gasteiger partial charge in [0.25, 0.3) is 0 Å². The van der Waals surface area contributed by atoms with Crippen LogP contribution in [0.4, 0.5) is 5.82 Å². The molecule has 0 radical (unpaired) electrons. The molecule has 1 rings (SSSR count). The summed E-state index contributed by atoms with van der Waals surface area (Å²) in [5.74, 6) is 2.96. The van der Waals surface area contributed by atoms with Crippen molar-refractivity contribution in [3.63, 3.8) is 0 Å². The minimum atomic E-state index is 0.403. The van der Waals surface area contributed by atoms with E-state index in [1.165, 1.54) is 0 Å². The van der Waals surface area contributed by atoms with Gasteiger partial charge in [0, 0.05) is 18.5 Å². The lowest BCUT2D eigenvalue weighted by molar-refractivity contribution is 0.296. The molecule has 0 aliphatic heterocycles. The third kappa shape index (κ3) is 6.22. The molecule has 0 spiro atoms. The standard InChI is InChI=1S/C16H29N3O/c1-6-8-9-20-16-11-15(17-13(5)7-2)18-14(19-16)10-12(3)4/h11-13H,6-10H2,1-5H3,(H,17,18,19). The fourth-order valence-electron chi connectivity index (χ4n) is 1.75. The number of unbranched alkanes of at least 4 members (excludes halogenated alkanes) is 1. The van der Waals surface area contributed by atoms with Crippen LogP contribution in [0.5, 0.6) is 5.88 Å². The molecule has 0 fully saturated rings. The van der Waals surface area contributed by atoms with E-state index >= 15 is 0 Å². The Kier molecular flexibility index (Phi) is 7.34. The SMILES string of the molecule is CCCCOc1cc(NC(C)CC)nc(CC(C)C)n1. The summed E-state index contributed by atoms with van der Waals surface area (Å²) in [4.78, 5) is 9.09. The fourth-order valence-corrected chi connectivity index (χ4v) is 1.75. The van der Waals surface area contributed by atoms with Crippen molar-refractivity contribution < 1.29 is 4.74 Å². The smallest absolute Gasteiger partial charge is 0.218 e. The normalized spacial score (nSPS) is 12.5. The highest BCUT2D eigenvalue weighted by Gasteiger charge is 2.09. The number of hydrogen-bond donors (Lipinski definition) is 1. The summed E-state index contributed by atoms with van der Waals surface area (Å²) in [6.45, 7) is 11.5. The molecule has 114 valence electrons. The van der Waals surface area contributed by atoms with Gasteiger partial charge in [-0.3, -0.25) is 0 Å². The fraction of sp³-hybridized carbons (Fsp3) is 0.750. The number of rotatable bonds is 9. The van der Waals surface area contributed by atoms with Crippen molar-refractivity contribution in [2.45, 2.75) is 66.3 Å². The van der Waals surface area contributed by atoms with E-state index in [0.29, 0.717) is 17.8 Å². The van der Waals surface area contributed by atoms with Crippen LogP contribution in [0.15, 0.2) is 6.07 Å². The summed E-state index contributed by atoms with van der Waals surface area (Å²) in [7, 11) is 0. The molecule has 1 heterocycles. The van der Waals surface area contributed by atoms with Crippen LogP contribution in [0.1, 0.15) is 59.7 Å². The van der Waals surface area contributed by atoms with Gasteiger partial charge in [0.2, 0.25) is 5.88 Å². The Labute approximate surface area is 123 Å². The molecule has 0 aliphatic rings. The first kappa shape index (κ1) is 16.7. The quantitative estimate of drug-likeness (QED) is 0.692. The maximum Gasteiger partial charge on any atom is 0.218 e. The molecular weight excluding hydrogens is 250 g/mol. The predicted octanol–water partition coefficient (Wildman–Crippen LogP) is 4.06. The highest BCUT2D eigenvalue weighted by molar-refractivity contribution is 5.39. The Morgan fingerprint density at radius 2 is 1.95 bits per heavy atom. The number of nitrogens with one attached hydrogen (secondary N) is 1. The Bertz CT molecular complexity index is 393. The monoisotopic (exact) mass is 279 g/mol. The molecule has 1 aromatic heterocycles. The second kappa shape index (κ2) is 8.77. The molecule has 1 atom stereocenters. The average Bonchev–Trinajstić information content (AvgIpc) is 2.38. The molecule has 0 aliphatic carbocycles. The zero-order valence-corrected chi connectivity index (χ0v) is 13.6. The van der Waals surface area contributed by atoms with E-state index in [4.69, 9.17) is 4.74 Å². The molecule has 0 saturated carbocycles. The molecule has 1 aromatic rings. The van der Waals surface area contributed by atoms with E-state index in [0.717, 1.165) is 43.9 Å². The van der Waals surface area contributed by atoms with Crippen LogP contribution in [0.3, 0.4) is 0 Å². The number of aromatic nitrogens is 2. The van der Waals surface area contributed by atoms with Gasteiger partial charge in [-0.15, -0.1) is 0 Å². The minimum Gasteiger partial charge on any atom is -0.478 e. The van der Waals surface area contributed by atoms with Crippen LogP contribution in [-0.2, 0) is 6.42 Å². The molecule has 1 N–H and O–H groups in total. The Morgan fingerprint density at radius 1 is 1.20 bits per heavy atom. The first-order chi connectivity index (χ1) is 9.55. The Balaban J connectivity index is 2.83. The molecule has 0 aromatic carbocycles. The summed E-state index contributed by atoms with van der Waals surface area (Å²) in [5, 5.41) is 3.40. The van der Waals surface area contributed by atoms with Gasteiger partial charge in [-0.2, -0.15) is 4.98 Å². The number of hydrogen-bond acceptors (Lipinski definition) is 4. The Morgan fingerprint density at radius 3 is 2.55 bits per heavy atom. The zero-order chi connectivity index (χ0) is 15.0. The summed E-state index contributed by atoms with van der Waals surface area (Å²) >= 11 is 0. The summed E-state index contributed by atoms with van der Waals surface area (Å²) in [5.41, 5.74) is 0. The van der Waals surface area contributed by atoms with Gasteiger partial charge in [0.15, 0.2) is 0 Å². The van der Waals surface area contributed by atoms with Crippen LogP contribution in [0.25, 0.3) is 0 Å². The summed E-state index contributed by atoms with van der Waals surface area (Å²) in [6, 6.07) is 2.31. The second-order valence-electron chi connectivity index (χ2n) is 5.76. The van der Waals surface area contributed by atoms with Gasteiger partial charge >= 0.3 is 0 Å². The number of ether oxygens (including phenoxy) is 1. The maximum atomic E-state index is 5.73. The van der Waals surface area contributed by atoms with Gasteiger partial charge in [-0.25, -0.2) is 4.98 Å². The van der Waals surface area contributed by atoms with Gasteiger partial charge < -0.3 is 10.1 Å². The third-order valence-electron chi connectivity index (χ3n) is 3.09. The van der Waals surface area contributed by atoms with E-state index < -0.39 is 0 Å². The van der Waals surface area contributed by atoms with Gasteiger partial charge in [0.1, 0.15) is 11.6 Å². The van der Waals surface area contributed by atoms with Crippen molar-refractivity contribution >= 4 is 5.82 Å². The lowest BCUT2D eigenvalue weighted by Crippen LogP contribution is -2.16. The molecule has 20 heavy (non-hydrogen) atoms. The molecule has 0 amide bonds. The lowest BCUT2D eigenvalue weighted by Gasteiger charge is -2.15. The third-order valence-corrected chi connectivity index (χ3v) is 3.09. The molecule has 1 unspecified atom stereocenters. The molecular formula is C16H29N3O. The van der Waals surface area contributed by atoms with Gasteiger partial charge in [0.05, 0.1) is 6.61 Å². The minimum absolute atomic E-state index is 0.403. The summed E-state index contributed by atoms with van der Waals surface area (Å²) in [6.07, 6.45) is 4.12. The van der Waals surface area contributed by atoms with Crippen molar-refractivity contribution in [3.8, 4) is 5.88 Å². The van der Waals surface area contributed by atoms with Crippen LogP contribution in [0, 0.1) is 5.92 Å². The van der Waals surface area contributed by atoms with Gasteiger partial charge in [-0.05, 0) is 25.7 Å². The van der Waals surface area contributed by atoms with E-state index in [9.17, 15) is 0 Å². The van der Waals surface area contributed by atoms with Crippen LogP contribution >= 0.6 is 0 Å². The molecule has 4 heteroatoms. The topological polar surface area (TPSA) is 47.0 Å². The molecule has 0 saturated heterocycles. The second-order valence-corrected chi connectivity index (χ2v) is 5.76. The van der Waals surface area contributed by atoms with E-state index in [-0.39, 0.29) is 0 Å². The predicted molar refractivity (Wildman–Crippen MR) is 84.4 cm³/mol. The van der Waals surface area contributed by atoms with Crippen molar-refractivity contribution in [3.05, 3.63) is 11.9 Å². The molecule has 0 bridgehead atoms. The maximum absolute atomic E-state index is 5.73. The van der Waals surface area contributed by atoms with Gasteiger partial charge in [-0.1, -0.05) is 34.1 Å². The first-order valence-electron chi connectivity index (χ1n) is 7.82. The van der Waals surface area contributed by atoms with Crippen molar-refractivity contribution in [2.75, 3.05) is 11.9 Å². The van der Waals surface area contributed by atoms with Crippen molar-refractivity contribution in [1.82, 2.24) is 9.97 Å². The summed E-state index contributed by atoms with van der Waals surface area (Å²) < 4.78 is 5.73. The zero-order valence-electron chi connectivity index (χ0n) is 13.6. The number of anilines is 1. The van der Waals surface area contributed by atoms with E-state index in [1.54, 1.807) is 0 Å². The Hall–Kier alpha value is -1.32. The van der Waals surface area contributed by atoms with Crippen LogP contribution < -0.4 is 10.1 Å². The lowest BCUT2D eigenvalue weighted by atomic mass is 10.1. The van der Waals surface area contributed by atoms with E-state index in [2.05, 4.69) is 49.9 Å².